The van der Waals surface area contributed by atoms with Gasteiger partial charge in [-0.1, -0.05) is 24.3 Å². The number of fused-ring (bicyclic) bond motifs is 1. The van der Waals surface area contributed by atoms with Gasteiger partial charge in [0.05, 0.1) is 18.9 Å². The molecule has 1 fully saturated rings. The zero-order chi connectivity index (χ0) is 22.0. The topological polar surface area (TPSA) is 56.1 Å². The monoisotopic (exact) mass is 432 g/mol. The maximum Gasteiger partial charge on any atom is 0.165 e. The van der Waals surface area contributed by atoms with Crippen molar-refractivity contribution in [2.75, 3.05) is 31.2 Å². The maximum atomic E-state index is 5.51. The zero-order valence-corrected chi connectivity index (χ0v) is 18.1. The SMILES string of the molecule is [c]1ccc(-n2c(-c3cccnc3)nc3ccc(-c4cccc(N5CCOCC5)c4)nc32)cc1. The summed E-state index contributed by atoms with van der Waals surface area (Å²) in [4.78, 5) is 16.6. The average molecular weight is 433 g/mol. The Balaban J connectivity index is 1.50. The van der Waals surface area contributed by atoms with Crippen LogP contribution < -0.4 is 4.90 Å². The van der Waals surface area contributed by atoms with Gasteiger partial charge in [-0.25, -0.2) is 9.97 Å². The molecule has 161 valence electrons. The average Bonchev–Trinajstić information content (AvgIpc) is 3.29. The molecular weight excluding hydrogens is 410 g/mol. The Kier molecular flexibility index (Phi) is 5.05. The molecule has 2 aromatic carbocycles. The summed E-state index contributed by atoms with van der Waals surface area (Å²) in [6.07, 6.45) is 3.60. The number of hydrogen-bond donors (Lipinski definition) is 0. The number of morpholine rings is 1. The van der Waals surface area contributed by atoms with Crippen molar-refractivity contribution in [1.82, 2.24) is 19.5 Å². The van der Waals surface area contributed by atoms with Crippen LogP contribution >= 0.6 is 0 Å². The second-order valence-electron chi connectivity index (χ2n) is 7.96. The molecule has 3 aromatic heterocycles. The molecule has 33 heavy (non-hydrogen) atoms. The number of nitrogens with zero attached hydrogens (tertiary/aromatic N) is 5. The van der Waals surface area contributed by atoms with E-state index < -0.39 is 0 Å². The third-order valence-corrected chi connectivity index (χ3v) is 5.90. The molecular formula is C27H22N5O. The Morgan fingerprint density at radius 1 is 0.818 bits per heavy atom. The molecule has 6 heteroatoms. The third kappa shape index (κ3) is 3.75. The van der Waals surface area contributed by atoms with Crippen molar-refractivity contribution < 1.29 is 4.74 Å². The molecule has 6 nitrogen and oxygen atoms in total. The van der Waals surface area contributed by atoms with Crippen molar-refractivity contribution in [1.29, 1.82) is 0 Å². The molecule has 1 aliphatic rings. The predicted molar refractivity (Wildman–Crippen MR) is 129 cm³/mol. The lowest BCUT2D eigenvalue weighted by Crippen LogP contribution is -2.36. The molecule has 1 radical (unpaired) electrons. The number of ether oxygens (including phenoxy) is 1. The minimum Gasteiger partial charge on any atom is -0.378 e. The molecule has 0 unspecified atom stereocenters. The van der Waals surface area contributed by atoms with Crippen LogP contribution in [-0.4, -0.2) is 45.8 Å². The molecule has 0 atom stereocenters. The van der Waals surface area contributed by atoms with Gasteiger partial charge >= 0.3 is 0 Å². The number of benzene rings is 2. The van der Waals surface area contributed by atoms with Gasteiger partial charge in [-0.3, -0.25) is 9.55 Å². The van der Waals surface area contributed by atoms with E-state index in [-0.39, 0.29) is 0 Å². The minimum absolute atomic E-state index is 0.763. The van der Waals surface area contributed by atoms with Crippen LogP contribution in [0.15, 0.2) is 85.2 Å². The van der Waals surface area contributed by atoms with Gasteiger partial charge < -0.3 is 9.64 Å². The van der Waals surface area contributed by atoms with Crippen LogP contribution in [0.3, 0.4) is 0 Å². The van der Waals surface area contributed by atoms with Gasteiger partial charge in [0.1, 0.15) is 11.3 Å². The van der Waals surface area contributed by atoms with Gasteiger partial charge in [0.2, 0.25) is 0 Å². The van der Waals surface area contributed by atoms with Gasteiger partial charge in [-0.15, -0.1) is 0 Å². The van der Waals surface area contributed by atoms with Crippen molar-refractivity contribution >= 4 is 16.9 Å². The van der Waals surface area contributed by atoms with Gasteiger partial charge in [0.15, 0.2) is 5.65 Å². The second kappa shape index (κ2) is 8.48. The van der Waals surface area contributed by atoms with Gasteiger partial charge in [-0.05, 0) is 54.6 Å². The summed E-state index contributed by atoms with van der Waals surface area (Å²) >= 11 is 0. The molecule has 0 amide bonds. The smallest absolute Gasteiger partial charge is 0.165 e. The van der Waals surface area contributed by atoms with E-state index in [1.807, 2.05) is 54.7 Å². The van der Waals surface area contributed by atoms with Gasteiger partial charge in [0.25, 0.3) is 0 Å². The van der Waals surface area contributed by atoms with Gasteiger partial charge in [0, 0.05) is 48.0 Å². The molecule has 1 aliphatic heterocycles. The highest BCUT2D eigenvalue weighted by Gasteiger charge is 2.17. The molecule has 0 spiro atoms. The first-order valence-electron chi connectivity index (χ1n) is 11.1. The zero-order valence-electron chi connectivity index (χ0n) is 18.1. The first kappa shape index (κ1) is 19.6. The number of pyridine rings is 2. The van der Waals surface area contributed by atoms with E-state index in [1.54, 1.807) is 6.20 Å². The van der Waals surface area contributed by atoms with Crippen LogP contribution in [0.1, 0.15) is 0 Å². The van der Waals surface area contributed by atoms with Gasteiger partial charge in [-0.2, -0.15) is 0 Å². The molecule has 4 heterocycles. The quantitative estimate of drug-likeness (QED) is 0.409. The molecule has 0 bridgehead atoms. The highest BCUT2D eigenvalue weighted by atomic mass is 16.5. The van der Waals surface area contributed by atoms with E-state index in [2.05, 4.69) is 44.8 Å². The van der Waals surface area contributed by atoms with Crippen molar-refractivity contribution in [2.24, 2.45) is 0 Å². The number of imidazole rings is 1. The number of rotatable bonds is 4. The van der Waals surface area contributed by atoms with Crippen LogP contribution in [0, 0.1) is 6.07 Å². The molecule has 0 saturated carbocycles. The van der Waals surface area contributed by atoms with Crippen molar-refractivity contribution in [3.63, 3.8) is 0 Å². The standard InChI is InChI=1S/C27H22N5O/c1-2-8-22(9-3-1)32-26(21-7-5-13-28-19-21)30-25-12-11-24(29-27(25)32)20-6-4-10-23(18-20)31-14-16-33-17-15-31/h2-13,18-19H,14-17H2. The normalized spacial score (nSPS) is 14.0. The van der Waals surface area contributed by atoms with E-state index in [0.29, 0.717) is 0 Å². The lowest BCUT2D eigenvalue weighted by Gasteiger charge is -2.29. The molecule has 0 aliphatic carbocycles. The molecule has 6 rings (SSSR count). The van der Waals surface area contributed by atoms with Crippen LogP contribution in [0.25, 0.3) is 39.5 Å². The van der Waals surface area contributed by atoms with E-state index in [4.69, 9.17) is 14.7 Å². The van der Waals surface area contributed by atoms with E-state index >= 15 is 0 Å². The largest absolute Gasteiger partial charge is 0.378 e. The van der Waals surface area contributed by atoms with Crippen molar-refractivity contribution in [3.05, 3.63) is 91.3 Å². The summed E-state index contributed by atoms with van der Waals surface area (Å²) < 4.78 is 7.60. The van der Waals surface area contributed by atoms with Crippen LogP contribution in [0.5, 0.6) is 0 Å². The fraction of sp³-hybridized carbons (Fsp3) is 0.148. The van der Waals surface area contributed by atoms with E-state index in [0.717, 1.165) is 65.8 Å². The number of anilines is 1. The summed E-state index contributed by atoms with van der Waals surface area (Å²) in [6, 6.07) is 27.6. The van der Waals surface area contributed by atoms with E-state index in [1.165, 1.54) is 5.69 Å². The number of aromatic nitrogens is 4. The highest BCUT2D eigenvalue weighted by molar-refractivity contribution is 5.82. The van der Waals surface area contributed by atoms with Crippen molar-refractivity contribution in [2.45, 2.75) is 0 Å². The van der Waals surface area contributed by atoms with Crippen LogP contribution in [-0.2, 0) is 4.74 Å². The molecule has 5 aromatic rings. The summed E-state index contributed by atoms with van der Waals surface area (Å²) in [5.74, 6) is 0.816. The summed E-state index contributed by atoms with van der Waals surface area (Å²) in [6.45, 7) is 3.34. The Morgan fingerprint density at radius 3 is 2.48 bits per heavy atom. The predicted octanol–water partition coefficient (Wildman–Crippen LogP) is 4.79. The Labute approximate surface area is 192 Å². The molecule has 0 N–H and O–H groups in total. The second-order valence-corrected chi connectivity index (χ2v) is 7.96. The fourth-order valence-electron chi connectivity index (χ4n) is 4.26. The summed E-state index contributed by atoms with van der Waals surface area (Å²) in [5, 5.41) is 0. The summed E-state index contributed by atoms with van der Waals surface area (Å²) in [5.41, 5.74) is 6.78. The maximum absolute atomic E-state index is 5.51. The minimum atomic E-state index is 0.763. The first-order valence-corrected chi connectivity index (χ1v) is 11.1. The highest BCUT2D eigenvalue weighted by Crippen LogP contribution is 2.30. The third-order valence-electron chi connectivity index (χ3n) is 5.90. The lowest BCUT2D eigenvalue weighted by atomic mass is 10.1. The summed E-state index contributed by atoms with van der Waals surface area (Å²) in [7, 11) is 0. The number of hydrogen-bond acceptors (Lipinski definition) is 5. The Hall–Kier alpha value is -4.03. The van der Waals surface area contributed by atoms with Crippen molar-refractivity contribution in [3.8, 4) is 28.3 Å². The molecule has 1 saturated heterocycles. The lowest BCUT2D eigenvalue weighted by molar-refractivity contribution is 0.122. The first-order chi connectivity index (χ1) is 16.4. The van der Waals surface area contributed by atoms with Crippen LogP contribution in [0.4, 0.5) is 5.69 Å². The Bertz CT molecular complexity index is 1390. The fourth-order valence-corrected chi connectivity index (χ4v) is 4.26. The van der Waals surface area contributed by atoms with E-state index in [9.17, 15) is 0 Å². The Morgan fingerprint density at radius 2 is 1.67 bits per heavy atom. The van der Waals surface area contributed by atoms with Crippen LogP contribution in [0.2, 0.25) is 0 Å².